The molecule has 0 amide bonds. The van der Waals surface area contributed by atoms with E-state index >= 15 is 0 Å². The Labute approximate surface area is 210 Å². The molecule has 9 nitrogen and oxygen atoms in total. The number of hydrogen-bond acceptors (Lipinski definition) is 6. The molecule has 0 fully saturated rings. The van der Waals surface area contributed by atoms with Crippen LogP contribution in [0, 0.1) is 0 Å². The van der Waals surface area contributed by atoms with Gasteiger partial charge in [-0.1, -0.05) is 12.1 Å². The Bertz CT molecular complexity index is 1090. The first-order valence-electron chi connectivity index (χ1n) is 5.31. The van der Waals surface area contributed by atoms with Crippen LogP contribution in [0.2, 0.25) is 0 Å². The van der Waals surface area contributed by atoms with E-state index in [2.05, 4.69) is 0 Å². The average molecular weight is 437 g/mol. The molecule has 0 spiro atoms. The minimum atomic E-state index is -4.93. The summed E-state index contributed by atoms with van der Waals surface area (Å²) >= 11 is 0. The van der Waals surface area contributed by atoms with Gasteiger partial charge in [-0.15, -0.1) is 0 Å². The summed E-state index contributed by atoms with van der Waals surface area (Å²) < 4.78 is 95.0. The van der Waals surface area contributed by atoms with Crippen LogP contribution in [0.3, 0.4) is 0 Å². The number of benzene rings is 2. The van der Waals surface area contributed by atoms with Gasteiger partial charge < -0.3 is 0 Å². The second-order valence-electron chi connectivity index (χ2n) is 4.20. The van der Waals surface area contributed by atoms with Crippen molar-refractivity contribution >= 4 is 130 Å². The van der Waals surface area contributed by atoms with Crippen LogP contribution in [0.4, 0.5) is 0 Å². The van der Waals surface area contributed by atoms with Crippen LogP contribution in [0.1, 0.15) is 0 Å². The Morgan fingerprint density at radius 2 is 1.08 bits per heavy atom. The molecule has 0 heterocycles. The molecule has 0 aliphatic rings. The SMILES string of the molecule is O=S(=O)(O)c1cc(S(=O)(=O)O)c2cccc(S(=O)(=O)O)c2c1.[Na].[Na].[Na]. The van der Waals surface area contributed by atoms with Gasteiger partial charge in [-0.2, -0.15) is 25.3 Å². The molecule has 2 rings (SSSR count). The monoisotopic (exact) mass is 437 g/mol. The maximum absolute atomic E-state index is 11.4. The third-order valence-corrected chi connectivity index (χ3v) is 5.38. The first-order chi connectivity index (χ1) is 9.82. The number of rotatable bonds is 3. The maximum Gasteiger partial charge on any atom is 0.295 e. The Balaban J connectivity index is 0. The molecule has 0 aromatic heterocycles. The van der Waals surface area contributed by atoms with Crippen molar-refractivity contribution in [2.45, 2.75) is 14.7 Å². The van der Waals surface area contributed by atoms with Gasteiger partial charge in [0.05, 0.1) is 4.90 Å². The second-order valence-corrected chi connectivity index (χ2v) is 8.40. The van der Waals surface area contributed by atoms with Gasteiger partial charge in [0.2, 0.25) is 0 Å². The number of hydrogen-bond donors (Lipinski definition) is 3. The second kappa shape index (κ2) is 9.76. The molecule has 0 saturated heterocycles. The van der Waals surface area contributed by atoms with Crippen LogP contribution >= 0.6 is 0 Å². The minimum absolute atomic E-state index is 0. The van der Waals surface area contributed by atoms with Crippen molar-refractivity contribution in [1.29, 1.82) is 0 Å². The fourth-order valence-electron chi connectivity index (χ4n) is 1.89. The third kappa shape index (κ3) is 6.76. The predicted octanol–water partition coefficient (Wildman–Crippen LogP) is -0.562. The van der Waals surface area contributed by atoms with E-state index in [0.29, 0.717) is 12.1 Å². The predicted molar refractivity (Wildman–Crippen MR) is 90.7 cm³/mol. The van der Waals surface area contributed by atoms with Gasteiger partial charge in [-0.25, -0.2) is 0 Å². The van der Waals surface area contributed by atoms with E-state index in [0.717, 1.165) is 18.2 Å². The van der Waals surface area contributed by atoms with Crippen molar-refractivity contribution < 1.29 is 38.9 Å². The van der Waals surface area contributed by atoms with Crippen molar-refractivity contribution in [3.63, 3.8) is 0 Å². The summed E-state index contributed by atoms with van der Waals surface area (Å²) in [6, 6.07) is 4.23. The van der Waals surface area contributed by atoms with E-state index in [1.165, 1.54) is 0 Å². The Hall–Kier alpha value is 1.43. The van der Waals surface area contributed by atoms with E-state index in [1.54, 1.807) is 0 Å². The summed E-state index contributed by atoms with van der Waals surface area (Å²) in [5, 5.41) is -0.835. The van der Waals surface area contributed by atoms with Crippen molar-refractivity contribution in [2.75, 3.05) is 0 Å². The summed E-state index contributed by atoms with van der Waals surface area (Å²) in [7, 11) is -14.6. The van der Waals surface area contributed by atoms with E-state index < -0.39 is 50.4 Å². The van der Waals surface area contributed by atoms with Crippen LogP contribution in [0.5, 0.6) is 0 Å². The smallest absolute Gasteiger partial charge is 0.282 e. The van der Waals surface area contributed by atoms with Crippen molar-refractivity contribution in [3.8, 4) is 0 Å². The normalized spacial score (nSPS) is 11.8. The molecule has 25 heavy (non-hydrogen) atoms. The van der Waals surface area contributed by atoms with E-state index in [1.807, 2.05) is 0 Å². The first kappa shape index (κ1) is 28.6. The molecule has 0 aliphatic heterocycles. The Morgan fingerprint density at radius 1 is 0.600 bits per heavy atom. The molecule has 2 aromatic rings. The zero-order valence-electron chi connectivity index (χ0n) is 13.4. The molecule has 2 aromatic carbocycles. The quantitative estimate of drug-likeness (QED) is 0.422. The topological polar surface area (TPSA) is 163 Å². The van der Waals surface area contributed by atoms with E-state index in [-0.39, 0.29) is 94.1 Å². The molecule has 15 heteroatoms. The van der Waals surface area contributed by atoms with Crippen LogP contribution in [-0.4, -0.2) is 128 Å². The average Bonchev–Trinajstić information content (AvgIpc) is 2.33. The van der Waals surface area contributed by atoms with Gasteiger partial charge >= 0.3 is 0 Å². The zero-order chi connectivity index (χ0) is 16.9. The maximum atomic E-state index is 11.4. The van der Waals surface area contributed by atoms with E-state index in [9.17, 15) is 25.3 Å². The molecule has 0 aliphatic carbocycles. The van der Waals surface area contributed by atoms with Gasteiger partial charge in [-0.05, 0) is 18.2 Å². The van der Waals surface area contributed by atoms with Crippen LogP contribution in [0.15, 0.2) is 45.0 Å². The van der Waals surface area contributed by atoms with Crippen molar-refractivity contribution in [1.82, 2.24) is 0 Å². The summed E-state index contributed by atoms with van der Waals surface area (Å²) in [4.78, 5) is -2.66. The summed E-state index contributed by atoms with van der Waals surface area (Å²) in [6.45, 7) is 0. The molecule has 0 atom stereocenters. The molecular weight excluding hydrogens is 429 g/mol. The summed E-state index contributed by atoms with van der Waals surface area (Å²) in [5.74, 6) is 0. The standard InChI is InChI=1S/C10H8O9S3.3Na/c11-20(12,13)6-4-8-7(10(5-6)22(17,18)19)2-1-3-9(8)21(14,15)16;;;/h1-5H,(H,11,12,13)(H,14,15,16)(H,17,18,19);;;. The summed E-state index contributed by atoms with van der Waals surface area (Å²) in [5.41, 5.74) is 0. The van der Waals surface area contributed by atoms with Crippen LogP contribution < -0.4 is 0 Å². The third-order valence-electron chi connectivity index (χ3n) is 2.75. The minimum Gasteiger partial charge on any atom is -0.282 e. The first-order valence-corrected chi connectivity index (χ1v) is 9.63. The zero-order valence-corrected chi connectivity index (χ0v) is 21.9. The van der Waals surface area contributed by atoms with Crippen molar-refractivity contribution in [2.24, 2.45) is 0 Å². The fourth-order valence-corrected chi connectivity index (χ4v) is 3.92. The fraction of sp³-hybridized carbons (Fsp3) is 0. The van der Waals surface area contributed by atoms with Crippen LogP contribution in [-0.2, 0) is 30.4 Å². The molecule has 3 N–H and O–H groups in total. The summed E-state index contributed by atoms with van der Waals surface area (Å²) in [6.07, 6.45) is 0. The van der Waals surface area contributed by atoms with Crippen LogP contribution in [0.25, 0.3) is 10.8 Å². The van der Waals surface area contributed by atoms with Crippen molar-refractivity contribution in [3.05, 3.63) is 30.3 Å². The molecule has 0 saturated carbocycles. The molecule has 0 unspecified atom stereocenters. The van der Waals surface area contributed by atoms with Gasteiger partial charge in [0.25, 0.3) is 30.4 Å². The Morgan fingerprint density at radius 3 is 1.48 bits per heavy atom. The molecule has 123 valence electrons. The molecule has 0 bridgehead atoms. The van der Waals surface area contributed by atoms with E-state index in [4.69, 9.17) is 13.7 Å². The largest absolute Gasteiger partial charge is 0.295 e. The molecule has 3 radical (unpaired) electrons. The van der Waals surface area contributed by atoms with Gasteiger partial charge in [0.15, 0.2) is 0 Å². The number of fused-ring (bicyclic) bond motifs is 1. The molecular formula is C10H8Na3O9S3. The van der Waals surface area contributed by atoms with Gasteiger partial charge in [0.1, 0.15) is 9.79 Å². The van der Waals surface area contributed by atoms with Gasteiger partial charge in [0, 0.05) is 99.4 Å². The van der Waals surface area contributed by atoms with Gasteiger partial charge in [-0.3, -0.25) is 13.7 Å². The Kier molecular flexibility index (Phi) is 11.2.